The number of thiophene rings is 1. The number of benzene rings is 1. The summed E-state index contributed by atoms with van der Waals surface area (Å²) in [6, 6.07) is 9.18. The van der Waals surface area contributed by atoms with Crippen LogP contribution in [0.4, 0.5) is 0 Å². The van der Waals surface area contributed by atoms with Crippen LogP contribution < -0.4 is 4.74 Å². The number of rotatable bonds is 5. The summed E-state index contributed by atoms with van der Waals surface area (Å²) in [4.78, 5) is 11.7. The minimum Gasteiger partial charge on any atom is -0.488 e. The van der Waals surface area contributed by atoms with E-state index < -0.39 is 5.97 Å². The van der Waals surface area contributed by atoms with Crippen molar-refractivity contribution in [3.05, 3.63) is 50.6 Å². The van der Waals surface area contributed by atoms with E-state index in [0.717, 1.165) is 14.9 Å². The summed E-state index contributed by atoms with van der Waals surface area (Å²) in [5.41, 5.74) is 0.743. The number of carboxylic acid groups (broad SMARTS) is 1. The van der Waals surface area contributed by atoms with Crippen LogP contribution in [-0.4, -0.2) is 11.1 Å². The quantitative estimate of drug-likeness (QED) is 0.910. The number of hydrogen-bond donors (Lipinski definition) is 1. The van der Waals surface area contributed by atoms with Gasteiger partial charge in [0, 0.05) is 14.7 Å². The summed E-state index contributed by atoms with van der Waals surface area (Å²) in [5, 5.41) is 10.7. The molecule has 94 valence electrons. The van der Waals surface area contributed by atoms with Crippen LogP contribution in [0.3, 0.4) is 0 Å². The van der Waals surface area contributed by atoms with E-state index >= 15 is 0 Å². The molecule has 0 radical (unpaired) electrons. The van der Waals surface area contributed by atoms with Crippen LogP contribution in [0.5, 0.6) is 5.75 Å². The monoisotopic (exact) mass is 326 g/mol. The molecule has 0 unspecified atom stereocenters. The van der Waals surface area contributed by atoms with Gasteiger partial charge in [-0.05, 0) is 39.7 Å². The maximum absolute atomic E-state index is 10.6. The maximum atomic E-state index is 10.6. The molecule has 1 aromatic heterocycles. The molecule has 3 nitrogen and oxygen atoms in total. The molecule has 0 spiro atoms. The molecule has 1 aromatic carbocycles. The van der Waals surface area contributed by atoms with Crippen molar-refractivity contribution in [2.75, 3.05) is 0 Å². The topological polar surface area (TPSA) is 46.5 Å². The molecule has 0 atom stereocenters. The lowest BCUT2D eigenvalue weighted by Crippen LogP contribution is -2.00. The second-order valence-electron chi connectivity index (χ2n) is 3.74. The molecular formula is C13H11BrO3S. The third-order valence-electron chi connectivity index (χ3n) is 2.26. The lowest BCUT2D eigenvalue weighted by Gasteiger charge is -2.06. The Bertz CT molecular complexity index is 551. The number of carbonyl (C=O) groups is 1. The van der Waals surface area contributed by atoms with Crippen molar-refractivity contribution >= 4 is 33.2 Å². The minimum atomic E-state index is -0.839. The van der Waals surface area contributed by atoms with Crippen LogP contribution >= 0.6 is 27.3 Å². The number of halogens is 1. The molecule has 18 heavy (non-hydrogen) atoms. The fraction of sp³-hybridized carbons (Fsp3) is 0.154. The molecule has 0 fully saturated rings. The van der Waals surface area contributed by atoms with Gasteiger partial charge in [-0.1, -0.05) is 12.1 Å². The summed E-state index contributed by atoms with van der Waals surface area (Å²) < 4.78 is 6.67. The average molecular weight is 327 g/mol. The Kier molecular flexibility index (Phi) is 4.38. The van der Waals surface area contributed by atoms with Crippen LogP contribution in [0.25, 0.3) is 0 Å². The van der Waals surface area contributed by atoms with Gasteiger partial charge >= 0.3 is 5.97 Å². The Labute approximate surface area is 117 Å². The van der Waals surface area contributed by atoms with Crippen molar-refractivity contribution in [2.24, 2.45) is 0 Å². The predicted molar refractivity (Wildman–Crippen MR) is 74.1 cm³/mol. The van der Waals surface area contributed by atoms with E-state index in [2.05, 4.69) is 15.9 Å². The molecule has 0 bridgehead atoms. The summed E-state index contributed by atoms with van der Waals surface area (Å²) in [5.74, 6) is -0.146. The lowest BCUT2D eigenvalue weighted by atomic mass is 10.1. The highest BCUT2D eigenvalue weighted by atomic mass is 79.9. The van der Waals surface area contributed by atoms with Crippen molar-refractivity contribution in [1.82, 2.24) is 0 Å². The molecule has 0 amide bonds. The first kappa shape index (κ1) is 13.1. The number of ether oxygens (including phenoxy) is 1. The summed E-state index contributed by atoms with van der Waals surface area (Å²) >= 11 is 5.00. The third-order valence-corrected chi connectivity index (χ3v) is 3.93. The second-order valence-corrected chi connectivity index (χ2v) is 5.65. The van der Waals surface area contributed by atoms with E-state index in [4.69, 9.17) is 9.84 Å². The SMILES string of the molecule is O=C(O)Cc1cccc(OCc2cc(Br)cs2)c1. The Morgan fingerprint density at radius 2 is 2.22 bits per heavy atom. The second kappa shape index (κ2) is 6.02. The molecule has 0 saturated heterocycles. The number of aliphatic carboxylic acids is 1. The first-order valence-corrected chi connectivity index (χ1v) is 6.97. The van der Waals surface area contributed by atoms with Gasteiger partial charge in [-0.15, -0.1) is 11.3 Å². The fourth-order valence-corrected chi connectivity index (χ4v) is 2.87. The van der Waals surface area contributed by atoms with E-state index in [1.165, 1.54) is 0 Å². The Balaban J connectivity index is 1.98. The standard InChI is InChI=1S/C13H11BrO3S/c14-10-6-12(18-8-10)7-17-11-3-1-2-9(4-11)5-13(15)16/h1-4,6,8H,5,7H2,(H,15,16). The number of carboxylic acids is 1. The highest BCUT2D eigenvalue weighted by Crippen LogP contribution is 2.22. The van der Waals surface area contributed by atoms with Crippen LogP contribution in [0.15, 0.2) is 40.2 Å². The smallest absolute Gasteiger partial charge is 0.307 e. The molecular weight excluding hydrogens is 316 g/mol. The van der Waals surface area contributed by atoms with Gasteiger partial charge in [0.1, 0.15) is 12.4 Å². The molecule has 2 rings (SSSR count). The van der Waals surface area contributed by atoms with Crippen LogP contribution in [-0.2, 0) is 17.8 Å². The van der Waals surface area contributed by atoms with Crippen molar-refractivity contribution in [2.45, 2.75) is 13.0 Å². The van der Waals surface area contributed by atoms with Crippen LogP contribution in [0.2, 0.25) is 0 Å². The molecule has 5 heteroatoms. The highest BCUT2D eigenvalue weighted by Gasteiger charge is 2.03. The minimum absolute atomic E-state index is 0.0156. The summed E-state index contributed by atoms with van der Waals surface area (Å²) in [6.07, 6.45) is 0.0156. The molecule has 2 aromatic rings. The zero-order chi connectivity index (χ0) is 13.0. The van der Waals surface area contributed by atoms with E-state index in [1.807, 2.05) is 17.5 Å². The van der Waals surface area contributed by atoms with Gasteiger partial charge in [-0.3, -0.25) is 4.79 Å². The Morgan fingerprint density at radius 1 is 1.39 bits per heavy atom. The first-order chi connectivity index (χ1) is 8.63. The first-order valence-electron chi connectivity index (χ1n) is 5.30. The fourth-order valence-electron chi connectivity index (χ4n) is 1.50. The predicted octanol–water partition coefficient (Wildman–Crippen LogP) is 3.72. The number of hydrogen-bond acceptors (Lipinski definition) is 3. The summed E-state index contributed by atoms with van der Waals surface area (Å²) in [7, 11) is 0. The van der Waals surface area contributed by atoms with Crippen molar-refractivity contribution in [3.63, 3.8) is 0 Å². The summed E-state index contributed by atoms with van der Waals surface area (Å²) in [6.45, 7) is 0.493. The van der Waals surface area contributed by atoms with Crippen molar-refractivity contribution in [3.8, 4) is 5.75 Å². The van der Waals surface area contributed by atoms with Crippen LogP contribution in [0.1, 0.15) is 10.4 Å². The van der Waals surface area contributed by atoms with Crippen LogP contribution in [0, 0.1) is 0 Å². The third kappa shape index (κ3) is 3.85. The van der Waals surface area contributed by atoms with Gasteiger partial charge in [-0.2, -0.15) is 0 Å². The average Bonchev–Trinajstić information content (AvgIpc) is 2.72. The van der Waals surface area contributed by atoms with Gasteiger partial charge in [0.2, 0.25) is 0 Å². The Morgan fingerprint density at radius 3 is 2.89 bits per heavy atom. The molecule has 1 heterocycles. The zero-order valence-corrected chi connectivity index (χ0v) is 11.8. The normalized spacial score (nSPS) is 10.3. The highest BCUT2D eigenvalue weighted by molar-refractivity contribution is 9.10. The Hall–Kier alpha value is -1.33. The van der Waals surface area contributed by atoms with Crippen molar-refractivity contribution in [1.29, 1.82) is 0 Å². The van der Waals surface area contributed by atoms with E-state index in [-0.39, 0.29) is 6.42 Å². The largest absolute Gasteiger partial charge is 0.488 e. The molecule has 0 aliphatic heterocycles. The van der Waals surface area contributed by atoms with Gasteiger partial charge in [0.05, 0.1) is 6.42 Å². The van der Waals surface area contributed by atoms with E-state index in [0.29, 0.717) is 12.4 Å². The van der Waals surface area contributed by atoms with E-state index in [1.54, 1.807) is 29.5 Å². The van der Waals surface area contributed by atoms with Gasteiger partial charge in [0.25, 0.3) is 0 Å². The molecule has 0 aliphatic rings. The van der Waals surface area contributed by atoms with Gasteiger partial charge in [0.15, 0.2) is 0 Å². The zero-order valence-electron chi connectivity index (χ0n) is 9.43. The maximum Gasteiger partial charge on any atom is 0.307 e. The van der Waals surface area contributed by atoms with E-state index in [9.17, 15) is 4.79 Å². The molecule has 1 N–H and O–H groups in total. The van der Waals surface area contributed by atoms with Crippen molar-refractivity contribution < 1.29 is 14.6 Å². The van der Waals surface area contributed by atoms with Gasteiger partial charge < -0.3 is 9.84 Å². The van der Waals surface area contributed by atoms with Gasteiger partial charge in [-0.25, -0.2) is 0 Å². The lowest BCUT2D eigenvalue weighted by molar-refractivity contribution is -0.136. The molecule has 0 aliphatic carbocycles. The molecule has 0 saturated carbocycles.